The molecule has 2 aromatic rings. The largest absolute Gasteiger partial charge is 0.466 e. The van der Waals surface area contributed by atoms with Crippen LogP contribution >= 0.6 is 0 Å². The van der Waals surface area contributed by atoms with E-state index in [9.17, 15) is 9.59 Å². The predicted octanol–water partition coefficient (Wildman–Crippen LogP) is 3.21. The summed E-state index contributed by atoms with van der Waals surface area (Å²) in [6, 6.07) is 20.0. The number of esters is 1. The van der Waals surface area contributed by atoms with Gasteiger partial charge in [0.05, 0.1) is 13.2 Å². The number of carbonyl (C=O) groups excluding carboxylic acids is 2. The molecular formula is C20H23NO3. The fourth-order valence-electron chi connectivity index (χ4n) is 2.53. The Labute approximate surface area is 143 Å². The summed E-state index contributed by atoms with van der Waals surface area (Å²) in [5.41, 5.74) is 2.27. The van der Waals surface area contributed by atoms with Gasteiger partial charge < -0.3 is 4.74 Å². The van der Waals surface area contributed by atoms with E-state index in [0.717, 1.165) is 11.1 Å². The van der Waals surface area contributed by atoms with Crippen molar-refractivity contribution in [1.82, 2.24) is 4.90 Å². The second kappa shape index (κ2) is 9.63. The van der Waals surface area contributed by atoms with E-state index in [1.807, 2.05) is 65.6 Å². The van der Waals surface area contributed by atoms with Crippen LogP contribution < -0.4 is 0 Å². The Balaban J connectivity index is 2.01. The van der Waals surface area contributed by atoms with Crippen molar-refractivity contribution in [2.75, 3.05) is 13.2 Å². The average molecular weight is 325 g/mol. The number of Topliss-reactive ketones (excluding diaryl/α,β-unsaturated/α-hetero) is 1. The number of ketones is 1. The number of nitrogens with zero attached hydrogens (tertiary/aromatic N) is 1. The molecule has 0 unspecified atom stereocenters. The van der Waals surface area contributed by atoms with Gasteiger partial charge in [-0.2, -0.15) is 0 Å². The van der Waals surface area contributed by atoms with Crippen molar-refractivity contribution >= 4 is 11.8 Å². The third-order valence-electron chi connectivity index (χ3n) is 3.54. The zero-order valence-electron chi connectivity index (χ0n) is 14.0. The van der Waals surface area contributed by atoms with E-state index in [4.69, 9.17) is 4.74 Å². The van der Waals surface area contributed by atoms with Crippen LogP contribution in [-0.4, -0.2) is 29.8 Å². The Bertz CT molecular complexity index is 599. The number of carbonyl (C=O) groups is 2. The van der Waals surface area contributed by atoms with Gasteiger partial charge in [0.25, 0.3) is 0 Å². The Morgan fingerprint density at radius 1 is 0.875 bits per heavy atom. The average Bonchev–Trinajstić information content (AvgIpc) is 2.56. The van der Waals surface area contributed by atoms with Gasteiger partial charge in [-0.1, -0.05) is 60.7 Å². The van der Waals surface area contributed by atoms with Crippen LogP contribution in [0.5, 0.6) is 0 Å². The van der Waals surface area contributed by atoms with Crippen LogP contribution in [0.2, 0.25) is 0 Å². The molecule has 2 aromatic carbocycles. The molecule has 0 aliphatic carbocycles. The monoisotopic (exact) mass is 325 g/mol. The van der Waals surface area contributed by atoms with Crippen LogP contribution in [0.25, 0.3) is 0 Å². The van der Waals surface area contributed by atoms with Crippen molar-refractivity contribution in [1.29, 1.82) is 0 Å². The normalized spacial score (nSPS) is 10.6. The Kier molecular flexibility index (Phi) is 7.18. The van der Waals surface area contributed by atoms with Crippen molar-refractivity contribution in [3.8, 4) is 0 Å². The lowest BCUT2D eigenvalue weighted by Gasteiger charge is -2.21. The van der Waals surface area contributed by atoms with Gasteiger partial charge >= 0.3 is 5.97 Å². The van der Waals surface area contributed by atoms with Crippen LogP contribution in [-0.2, 0) is 27.4 Å². The molecule has 0 N–H and O–H groups in total. The van der Waals surface area contributed by atoms with E-state index in [1.54, 1.807) is 6.92 Å². The molecule has 0 atom stereocenters. The van der Waals surface area contributed by atoms with Crippen LogP contribution in [0.15, 0.2) is 60.7 Å². The Hall–Kier alpha value is -2.46. The summed E-state index contributed by atoms with van der Waals surface area (Å²) in [5.74, 6) is -0.581. The predicted molar refractivity (Wildman–Crippen MR) is 93.3 cm³/mol. The molecule has 4 heteroatoms. The van der Waals surface area contributed by atoms with Gasteiger partial charge in [-0.25, -0.2) is 0 Å². The standard InChI is InChI=1S/C20H23NO3/c1-2-24-20(23)13-19(22)16-21(14-17-9-5-3-6-10-17)15-18-11-7-4-8-12-18/h3-12H,2,13-16H2,1H3. The second-order valence-electron chi connectivity index (χ2n) is 5.64. The number of ether oxygens (including phenoxy) is 1. The molecule has 0 radical (unpaired) electrons. The molecule has 0 saturated carbocycles. The van der Waals surface area contributed by atoms with Gasteiger partial charge in [0.2, 0.25) is 0 Å². The summed E-state index contributed by atoms with van der Waals surface area (Å²) in [5, 5.41) is 0. The van der Waals surface area contributed by atoms with Crippen molar-refractivity contribution in [2.45, 2.75) is 26.4 Å². The van der Waals surface area contributed by atoms with Crippen LogP contribution in [0, 0.1) is 0 Å². The van der Waals surface area contributed by atoms with Crippen molar-refractivity contribution in [3.63, 3.8) is 0 Å². The highest BCUT2D eigenvalue weighted by Crippen LogP contribution is 2.10. The van der Waals surface area contributed by atoms with Gasteiger partial charge in [0, 0.05) is 13.1 Å². The third-order valence-corrected chi connectivity index (χ3v) is 3.54. The minimum Gasteiger partial charge on any atom is -0.466 e. The molecule has 126 valence electrons. The van der Waals surface area contributed by atoms with Crippen LogP contribution in [0.3, 0.4) is 0 Å². The highest BCUT2D eigenvalue weighted by molar-refractivity contribution is 5.96. The van der Waals surface area contributed by atoms with Gasteiger partial charge in [0.15, 0.2) is 5.78 Å². The van der Waals surface area contributed by atoms with Gasteiger partial charge in [0.1, 0.15) is 6.42 Å². The Morgan fingerprint density at radius 2 is 1.38 bits per heavy atom. The van der Waals surface area contributed by atoms with Gasteiger partial charge in [-0.15, -0.1) is 0 Å². The van der Waals surface area contributed by atoms with Gasteiger partial charge in [-0.3, -0.25) is 14.5 Å². The summed E-state index contributed by atoms with van der Waals surface area (Å²) < 4.78 is 4.85. The summed E-state index contributed by atoms with van der Waals surface area (Å²) in [6.07, 6.45) is -0.173. The highest BCUT2D eigenvalue weighted by Gasteiger charge is 2.15. The van der Waals surface area contributed by atoms with Crippen molar-refractivity contribution in [3.05, 3.63) is 71.8 Å². The SMILES string of the molecule is CCOC(=O)CC(=O)CN(Cc1ccccc1)Cc1ccccc1. The fourth-order valence-corrected chi connectivity index (χ4v) is 2.53. The number of rotatable bonds is 9. The van der Waals surface area contributed by atoms with Crippen LogP contribution in [0.4, 0.5) is 0 Å². The summed E-state index contributed by atoms with van der Waals surface area (Å²) >= 11 is 0. The molecule has 0 aliphatic heterocycles. The van der Waals surface area contributed by atoms with E-state index in [0.29, 0.717) is 19.7 Å². The minimum atomic E-state index is -0.457. The number of hydrogen-bond donors (Lipinski definition) is 0. The molecule has 0 heterocycles. The first-order chi connectivity index (χ1) is 11.7. The minimum absolute atomic E-state index is 0.125. The van der Waals surface area contributed by atoms with Crippen LogP contribution in [0.1, 0.15) is 24.5 Å². The molecule has 2 rings (SSSR count). The summed E-state index contributed by atoms with van der Waals surface area (Å²) in [6.45, 7) is 3.57. The molecule has 24 heavy (non-hydrogen) atoms. The number of benzene rings is 2. The van der Waals surface area contributed by atoms with E-state index >= 15 is 0 Å². The highest BCUT2D eigenvalue weighted by atomic mass is 16.5. The molecule has 0 saturated heterocycles. The van der Waals surface area contributed by atoms with E-state index in [-0.39, 0.29) is 18.7 Å². The first-order valence-corrected chi connectivity index (χ1v) is 8.15. The Morgan fingerprint density at radius 3 is 1.83 bits per heavy atom. The lowest BCUT2D eigenvalue weighted by atomic mass is 10.1. The summed E-state index contributed by atoms with van der Waals surface area (Å²) in [7, 11) is 0. The lowest BCUT2D eigenvalue weighted by molar-refractivity contribution is -0.145. The molecule has 0 aromatic heterocycles. The molecule has 0 bridgehead atoms. The lowest BCUT2D eigenvalue weighted by Crippen LogP contribution is -2.30. The quantitative estimate of drug-likeness (QED) is 0.525. The maximum absolute atomic E-state index is 12.2. The maximum atomic E-state index is 12.2. The molecule has 0 spiro atoms. The molecule has 4 nitrogen and oxygen atoms in total. The van der Waals surface area contributed by atoms with E-state index in [1.165, 1.54) is 0 Å². The smallest absolute Gasteiger partial charge is 0.313 e. The third kappa shape index (κ3) is 6.34. The van der Waals surface area contributed by atoms with E-state index < -0.39 is 5.97 Å². The topological polar surface area (TPSA) is 46.6 Å². The fraction of sp³-hybridized carbons (Fsp3) is 0.300. The molecular weight excluding hydrogens is 302 g/mol. The molecule has 0 amide bonds. The van der Waals surface area contributed by atoms with Crippen molar-refractivity contribution in [2.24, 2.45) is 0 Å². The molecule has 0 aliphatic rings. The van der Waals surface area contributed by atoms with Crippen molar-refractivity contribution < 1.29 is 14.3 Å². The first-order valence-electron chi connectivity index (χ1n) is 8.15. The first kappa shape index (κ1) is 17.9. The van der Waals surface area contributed by atoms with Gasteiger partial charge in [-0.05, 0) is 18.1 Å². The zero-order chi connectivity index (χ0) is 17.2. The van der Waals surface area contributed by atoms with E-state index in [2.05, 4.69) is 0 Å². The maximum Gasteiger partial charge on any atom is 0.313 e. The zero-order valence-corrected chi connectivity index (χ0v) is 14.0. The number of hydrogen-bond acceptors (Lipinski definition) is 4. The summed E-state index contributed by atoms with van der Waals surface area (Å²) in [4.78, 5) is 25.7. The molecule has 0 fully saturated rings. The second-order valence-corrected chi connectivity index (χ2v) is 5.64.